The fourth-order valence-electron chi connectivity index (χ4n) is 2.66. The first-order chi connectivity index (χ1) is 14.2. The Balaban J connectivity index is 1.58. The predicted octanol–water partition coefficient (Wildman–Crippen LogP) is 3.88. The molecular formula is C21H21N3O4S2. The number of aryl methyl sites for hydroxylation is 1. The first-order valence-electron chi connectivity index (χ1n) is 9.16. The van der Waals surface area contributed by atoms with Gasteiger partial charge in [0.25, 0.3) is 0 Å². The third-order valence-electron chi connectivity index (χ3n) is 4.23. The molecule has 0 saturated heterocycles. The van der Waals surface area contributed by atoms with Crippen LogP contribution in [0.3, 0.4) is 0 Å². The topological polar surface area (TPSA) is 105 Å². The molecule has 0 spiro atoms. The lowest BCUT2D eigenvalue weighted by Gasteiger charge is -2.05. The van der Waals surface area contributed by atoms with Crippen LogP contribution in [0.1, 0.15) is 18.9 Å². The number of hydrogen-bond acceptors (Lipinski definition) is 6. The number of hydrogen-bond donors (Lipinski definition) is 2. The molecule has 9 heteroatoms. The van der Waals surface area contributed by atoms with Crippen molar-refractivity contribution in [1.82, 2.24) is 4.98 Å². The summed E-state index contributed by atoms with van der Waals surface area (Å²) in [6.07, 6.45) is -0.156. The maximum Gasteiger partial charge on any atom is 0.227 e. The summed E-state index contributed by atoms with van der Waals surface area (Å²) in [7, 11) is -3.52. The van der Waals surface area contributed by atoms with Gasteiger partial charge in [0.05, 0.1) is 16.3 Å². The number of aromatic nitrogens is 1. The number of thiazole rings is 1. The van der Waals surface area contributed by atoms with E-state index in [0.29, 0.717) is 16.5 Å². The van der Waals surface area contributed by atoms with Gasteiger partial charge in [-0.25, -0.2) is 13.4 Å². The summed E-state index contributed by atoms with van der Waals surface area (Å²) < 4.78 is 24.7. The molecule has 0 radical (unpaired) electrons. The van der Waals surface area contributed by atoms with E-state index in [-0.39, 0.29) is 23.0 Å². The molecule has 0 saturated carbocycles. The lowest BCUT2D eigenvalue weighted by molar-refractivity contribution is -0.116. The fourth-order valence-corrected chi connectivity index (χ4v) is 4.64. The van der Waals surface area contributed by atoms with Crippen LogP contribution in [0.2, 0.25) is 0 Å². The summed E-state index contributed by atoms with van der Waals surface area (Å²) in [5, 5.41) is 7.54. The largest absolute Gasteiger partial charge is 0.326 e. The molecule has 0 aliphatic carbocycles. The summed E-state index contributed by atoms with van der Waals surface area (Å²) in [6, 6.07) is 13.7. The number of carbonyl (C=O) groups is 2. The highest BCUT2D eigenvalue weighted by Gasteiger charge is 2.17. The maximum atomic E-state index is 12.4. The number of carbonyl (C=O) groups excluding carboxylic acids is 2. The standard InChI is InChI=1S/C21H21N3O4S2/c1-14-3-9-18(10-4-14)30(27,28)12-11-20(26)24-21-23-19(13-29-21)16-5-7-17(8-6-16)22-15(2)25/h3-10,13H,11-12H2,1-2H3,(H,22,25)(H,23,24,26). The molecule has 0 fully saturated rings. The highest BCUT2D eigenvalue weighted by molar-refractivity contribution is 7.91. The van der Waals surface area contributed by atoms with Gasteiger partial charge in [-0.2, -0.15) is 0 Å². The van der Waals surface area contributed by atoms with Crippen molar-refractivity contribution in [1.29, 1.82) is 0 Å². The van der Waals surface area contributed by atoms with Crippen LogP contribution < -0.4 is 10.6 Å². The molecule has 156 valence electrons. The highest BCUT2D eigenvalue weighted by atomic mass is 32.2. The summed E-state index contributed by atoms with van der Waals surface area (Å²) >= 11 is 1.26. The number of amides is 2. The third-order valence-corrected chi connectivity index (χ3v) is 6.72. The van der Waals surface area contributed by atoms with Crippen molar-refractivity contribution in [3.05, 3.63) is 59.5 Å². The first kappa shape index (κ1) is 21.7. The smallest absolute Gasteiger partial charge is 0.227 e. The maximum absolute atomic E-state index is 12.4. The van der Waals surface area contributed by atoms with E-state index in [9.17, 15) is 18.0 Å². The van der Waals surface area contributed by atoms with Gasteiger partial charge in [0.15, 0.2) is 15.0 Å². The minimum atomic E-state index is -3.52. The Bertz CT molecular complexity index is 1150. The molecule has 0 aliphatic rings. The van der Waals surface area contributed by atoms with E-state index in [4.69, 9.17) is 0 Å². The molecule has 30 heavy (non-hydrogen) atoms. The zero-order chi connectivity index (χ0) is 21.7. The summed E-state index contributed by atoms with van der Waals surface area (Å²) in [6.45, 7) is 3.32. The second-order valence-electron chi connectivity index (χ2n) is 6.73. The number of sulfone groups is 1. The van der Waals surface area contributed by atoms with Crippen LogP contribution in [0.5, 0.6) is 0 Å². The van der Waals surface area contributed by atoms with Crippen LogP contribution in [0.15, 0.2) is 58.8 Å². The molecule has 0 aliphatic heterocycles. The van der Waals surface area contributed by atoms with Gasteiger partial charge < -0.3 is 10.6 Å². The van der Waals surface area contributed by atoms with Crippen LogP contribution in [-0.4, -0.2) is 31.0 Å². The van der Waals surface area contributed by atoms with Crippen LogP contribution >= 0.6 is 11.3 Å². The first-order valence-corrected chi connectivity index (χ1v) is 11.7. The molecule has 3 rings (SSSR count). The molecule has 2 aromatic carbocycles. The molecule has 7 nitrogen and oxygen atoms in total. The Hall–Kier alpha value is -3.04. The van der Waals surface area contributed by atoms with Crippen molar-refractivity contribution in [3.8, 4) is 11.3 Å². The highest BCUT2D eigenvalue weighted by Crippen LogP contribution is 2.26. The van der Waals surface area contributed by atoms with Gasteiger partial charge in [0.2, 0.25) is 11.8 Å². The quantitative estimate of drug-likeness (QED) is 0.577. The normalized spacial score (nSPS) is 11.1. The summed E-state index contributed by atoms with van der Waals surface area (Å²) in [5.41, 5.74) is 3.17. The van der Waals surface area contributed by atoms with Gasteiger partial charge in [0, 0.05) is 30.0 Å². The molecule has 0 bridgehead atoms. The number of anilines is 2. The van der Waals surface area contributed by atoms with Crippen molar-refractivity contribution in [2.75, 3.05) is 16.4 Å². The van der Waals surface area contributed by atoms with E-state index in [2.05, 4.69) is 15.6 Å². The Morgan fingerprint density at radius 3 is 2.30 bits per heavy atom. The minimum absolute atomic E-state index is 0.147. The number of rotatable bonds is 7. The average Bonchev–Trinajstić information content (AvgIpc) is 3.15. The number of benzene rings is 2. The molecule has 0 atom stereocenters. The second kappa shape index (κ2) is 9.19. The van der Waals surface area contributed by atoms with Gasteiger partial charge in [-0.1, -0.05) is 29.8 Å². The van der Waals surface area contributed by atoms with E-state index in [1.807, 2.05) is 19.1 Å². The molecule has 3 aromatic rings. The molecule has 2 amide bonds. The van der Waals surface area contributed by atoms with Gasteiger partial charge in [-0.05, 0) is 31.2 Å². The lowest BCUT2D eigenvalue weighted by Crippen LogP contribution is -2.17. The molecular weight excluding hydrogens is 422 g/mol. The summed E-state index contributed by atoms with van der Waals surface area (Å²) in [5.74, 6) is -0.830. The van der Waals surface area contributed by atoms with Gasteiger partial charge >= 0.3 is 0 Å². The number of nitrogens with one attached hydrogen (secondary N) is 2. The Morgan fingerprint density at radius 1 is 1.00 bits per heavy atom. The van der Waals surface area contributed by atoms with E-state index in [0.717, 1.165) is 11.1 Å². The van der Waals surface area contributed by atoms with Crippen LogP contribution in [0.25, 0.3) is 11.3 Å². The Morgan fingerprint density at radius 2 is 1.67 bits per heavy atom. The van der Waals surface area contributed by atoms with Crippen LogP contribution in [-0.2, 0) is 19.4 Å². The van der Waals surface area contributed by atoms with E-state index in [1.165, 1.54) is 18.3 Å². The van der Waals surface area contributed by atoms with Crippen molar-refractivity contribution in [3.63, 3.8) is 0 Å². The molecule has 0 unspecified atom stereocenters. The fraction of sp³-hybridized carbons (Fsp3) is 0.190. The Labute approximate surface area is 179 Å². The van der Waals surface area contributed by atoms with Gasteiger partial charge in [-0.15, -0.1) is 11.3 Å². The van der Waals surface area contributed by atoms with Crippen molar-refractivity contribution < 1.29 is 18.0 Å². The SMILES string of the molecule is CC(=O)Nc1ccc(-c2csc(NC(=O)CCS(=O)(=O)c3ccc(C)cc3)n2)cc1. The van der Waals surface area contributed by atoms with Crippen LogP contribution in [0.4, 0.5) is 10.8 Å². The third kappa shape index (κ3) is 5.74. The van der Waals surface area contributed by atoms with Gasteiger partial charge in [-0.3, -0.25) is 9.59 Å². The van der Waals surface area contributed by atoms with Crippen molar-refractivity contribution >= 4 is 43.8 Å². The van der Waals surface area contributed by atoms with Crippen molar-refractivity contribution in [2.45, 2.75) is 25.2 Å². The molecule has 2 N–H and O–H groups in total. The van der Waals surface area contributed by atoms with Crippen LogP contribution in [0, 0.1) is 6.92 Å². The number of nitrogens with zero attached hydrogens (tertiary/aromatic N) is 1. The van der Waals surface area contributed by atoms with E-state index >= 15 is 0 Å². The Kier molecular flexibility index (Phi) is 6.63. The van der Waals surface area contributed by atoms with Gasteiger partial charge in [0.1, 0.15) is 0 Å². The molecule has 1 heterocycles. The predicted molar refractivity (Wildman–Crippen MR) is 118 cm³/mol. The summed E-state index contributed by atoms with van der Waals surface area (Å²) in [4.78, 5) is 27.9. The van der Waals surface area contributed by atoms with E-state index in [1.54, 1.807) is 41.8 Å². The van der Waals surface area contributed by atoms with E-state index < -0.39 is 15.7 Å². The lowest BCUT2D eigenvalue weighted by atomic mass is 10.1. The second-order valence-corrected chi connectivity index (χ2v) is 9.69. The monoisotopic (exact) mass is 443 g/mol. The zero-order valence-corrected chi connectivity index (χ0v) is 18.1. The van der Waals surface area contributed by atoms with Crippen molar-refractivity contribution in [2.24, 2.45) is 0 Å². The minimum Gasteiger partial charge on any atom is -0.326 e. The average molecular weight is 444 g/mol. The zero-order valence-electron chi connectivity index (χ0n) is 16.5. The molecule has 1 aromatic heterocycles.